The highest BCUT2D eigenvalue weighted by Gasteiger charge is 2.10. The Kier molecular flexibility index (Phi) is 5.34. The molecular weight excluding hydrogens is 380 g/mol. The summed E-state index contributed by atoms with van der Waals surface area (Å²) < 4.78 is 12.2. The Morgan fingerprint density at radius 3 is 2.40 bits per heavy atom. The number of carbonyl (C=O) groups excluding carboxylic acids is 1. The van der Waals surface area contributed by atoms with E-state index in [-0.39, 0.29) is 12.1 Å². The molecule has 7 heteroatoms. The van der Waals surface area contributed by atoms with Crippen molar-refractivity contribution < 1.29 is 14.3 Å². The molecule has 1 N–H and O–H groups in total. The number of fused-ring (bicyclic) bond motifs is 1. The van der Waals surface area contributed by atoms with Crippen molar-refractivity contribution in [2.75, 3.05) is 12.4 Å². The fourth-order valence-corrected chi connectivity index (χ4v) is 3.09. The molecule has 0 unspecified atom stereocenters. The van der Waals surface area contributed by atoms with Crippen LogP contribution < -0.4 is 10.1 Å². The lowest BCUT2D eigenvalue weighted by Crippen LogP contribution is -2.05. The molecule has 7 nitrogen and oxygen atoms in total. The van der Waals surface area contributed by atoms with Gasteiger partial charge >= 0.3 is 5.97 Å². The van der Waals surface area contributed by atoms with Crippen molar-refractivity contribution in [1.29, 1.82) is 0 Å². The largest absolute Gasteiger partial charge is 0.491 e. The maximum absolute atomic E-state index is 11.6. The van der Waals surface area contributed by atoms with Crippen molar-refractivity contribution in [2.24, 2.45) is 0 Å². The van der Waals surface area contributed by atoms with Crippen LogP contribution in [0.3, 0.4) is 0 Å². The number of aromatic nitrogens is 3. The van der Waals surface area contributed by atoms with Gasteiger partial charge in [0.25, 0.3) is 0 Å². The average Bonchev–Trinajstić information content (AvgIpc) is 3.16. The van der Waals surface area contributed by atoms with Crippen LogP contribution in [0.25, 0.3) is 16.9 Å². The number of nitrogens with one attached hydrogen (secondary N) is 1. The minimum atomic E-state index is -0.373. The van der Waals surface area contributed by atoms with E-state index >= 15 is 0 Å². The number of pyridine rings is 1. The Hall–Kier alpha value is -3.87. The Balaban J connectivity index is 1.60. The fraction of sp³-hybridized carbons (Fsp3) is 0.174. The number of methoxy groups -OCH3 is 1. The summed E-state index contributed by atoms with van der Waals surface area (Å²) in [6.07, 6.45) is 0.130. The molecule has 0 saturated carbocycles. The van der Waals surface area contributed by atoms with Crippen molar-refractivity contribution in [3.05, 3.63) is 72.3 Å². The number of anilines is 2. The van der Waals surface area contributed by atoms with E-state index in [4.69, 9.17) is 9.47 Å². The lowest BCUT2D eigenvalue weighted by Gasteiger charge is -2.10. The summed E-state index contributed by atoms with van der Waals surface area (Å²) >= 11 is 0. The van der Waals surface area contributed by atoms with Crippen LogP contribution in [0.2, 0.25) is 0 Å². The molecule has 2 aromatic carbocycles. The van der Waals surface area contributed by atoms with Gasteiger partial charge in [0, 0.05) is 11.3 Å². The summed E-state index contributed by atoms with van der Waals surface area (Å²) in [5.41, 5.74) is 3.91. The lowest BCUT2D eigenvalue weighted by molar-refractivity contribution is 0.0601. The first kappa shape index (κ1) is 19.4. The van der Waals surface area contributed by atoms with E-state index in [1.807, 2.05) is 56.3 Å². The maximum atomic E-state index is 11.6. The van der Waals surface area contributed by atoms with Gasteiger partial charge in [0.15, 0.2) is 5.65 Å². The van der Waals surface area contributed by atoms with Gasteiger partial charge in [-0.05, 0) is 74.5 Å². The highest BCUT2D eigenvalue weighted by atomic mass is 16.5. The van der Waals surface area contributed by atoms with Crippen LogP contribution in [0.4, 0.5) is 11.6 Å². The topological polar surface area (TPSA) is 77.8 Å². The summed E-state index contributed by atoms with van der Waals surface area (Å²) in [5, 5.41) is 7.77. The number of nitrogens with zero attached hydrogens (tertiary/aromatic N) is 3. The quantitative estimate of drug-likeness (QED) is 0.471. The first-order valence-electron chi connectivity index (χ1n) is 9.62. The molecule has 0 bridgehead atoms. The number of esters is 1. The molecule has 0 aliphatic carbocycles. The van der Waals surface area contributed by atoms with Crippen molar-refractivity contribution in [1.82, 2.24) is 14.6 Å². The smallest absolute Gasteiger partial charge is 0.337 e. The summed E-state index contributed by atoms with van der Waals surface area (Å²) in [6.45, 7) is 4.00. The van der Waals surface area contributed by atoms with Crippen LogP contribution >= 0.6 is 0 Å². The van der Waals surface area contributed by atoms with E-state index in [2.05, 4.69) is 15.4 Å². The van der Waals surface area contributed by atoms with E-state index in [0.29, 0.717) is 11.5 Å². The van der Waals surface area contributed by atoms with Gasteiger partial charge in [-0.3, -0.25) is 0 Å². The molecule has 4 aromatic rings. The molecule has 4 rings (SSSR count). The second-order valence-electron chi connectivity index (χ2n) is 7.00. The van der Waals surface area contributed by atoms with Crippen LogP contribution in [0.1, 0.15) is 24.2 Å². The SMILES string of the molecule is COC(=O)c1ccc(Nc2nc3cccc(-c4ccc(OC(C)C)cc4)n3n2)cc1. The molecule has 0 aliphatic rings. The molecule has 0 spiro atoms. The zero-order chi connectivity index (χ0) is 21.1. The Bertz CT molecular complexity index is 1170. The lowest BCUT2D eigenvalue weighted by atomic mass is 10.1. The third-order valence-corrected chi connectivity index (χ3v) is 4.44. The Labute approximate surface area is 174 Å². The molecule has 0 fully saturated rings. The van der Waals surface area contributed by atoms with E-state index in [0.717, 1.165) is 28.3 Å². The first-order valence-corrected chi connectivity index (χ1v) is 9.62. The molecule has 30 heavy (non-hydrogen) atoms. The van der Waals surface area contributed by atoms with Gasteiger partial charge in [0.05, 0.1) is 24.5 Å². The summed E-state index contributed by atoms with van der Waals surface area (Å²) in [7, 11) is 1.36. The average molecular weight is 402 g/mol. The Morgan fingerprint density at radius 2 is 1.73 bits per heavy atom. The predicted octanol–water partition coefficient (Wildman–Crippen LogP) is 4.71. The highest BCUT2D eigenvalue weighted by Crippen LogP contribution is 2.24. The van der Waals surface area contributed by atoms with Gasteiger partial charge in [-0.2, -0.15) is 4.98 Å². The molecule has 0 radical (unpaired) electrons. The van der Waals surface area contributed by atoms with Crippen molar-refractivity contribution in [3.63, 3.8) is 0 Å². The van der Waals surface area contributed by atoms with Crippen LogP contribution in [0.5, 0.6) is 5.75 Å². The standard InChI is InChI=1S/C23H22N4O3/c1-15(2)30-19-13-9-16(10-14-19)20-5-4-6-21-25-23(26-27(20)21)24-18-11-7-17(8-12-18)22(28)29-3/h4-15H,1-3H3,(H,24,26). The number of ether oxygens (including phenoxy) is 2. The first-order chi connectivity index (χ1) is 14.5. The number of hydrogen-bond donors (Lipinski definition) is 1. The van der Waals surface area contributed by atoms with E-state index in [9.17, 15) is 4.79 Å². The molecule has 0 atom stereocenters. The van der Waals surface area contributed by atoms with Gasteiger partial charge < -0.3 is 14.8 Å². The second kappa shape index (κ2) is 8.24. The Morgan fingerprint density at radius 1 is 1.00 bits per heavy atom. The minimum Gasteiger partial charge on any atom is -0.491 e. The summed E-state index contributed by atoms with van der Waals surface area (Å²) in [5.74, 6) is 0.923. The highest BCUT2D eigenvalue weighted by molar-refractivity contribution is 5.89. The molecule has 152 valence electrons. The van der Waals surface area contributed by atoms with Gasteiger partial charge in [0.1, 0.15) is 5.75 Å². The minimum absolute atomic E-state index is 0.130. The predicted molar refractivity (Wildman–Crippen MR) is 115 cm³/mol. The van der Waals surface area contributed by atoms with E-state index in [1.165, 1.54) is 7.11 Å². The molecule has 2 aromatic heterocycles. The third kappa shape index (κ3) is 4.10. The van der Waals surface area contributed by atoms with Gasteiger partial charge in [0.2, 0.25) is 5.95 Å². The molecule has 2 heterocycles. The zero-order valence-electron chi connectivity index (χ0n) is 17.0. The number of carbonyl (C=O) groups is 1. The van der Waals surface area contributed by atoms with Crippen molar-refractivity contribution >= 4 is 23.3 Å². The van der Waals surface area contributed by atoms with Gasteiger partial charge in [-0.25, -0.2) is 9.31 Å². The molecule has 0 saturated heterocycles. The van der Waals surface area contributed by atoms with Crippen molar-refractivity contribution in [2.45, 2.75) is 20.0 Å². The number of rotatable bonds is 6. The monoisotopic (exact) mass is 402 g/mol. The van der Waals surface area contributed by atoms with Crippen LogP contribution in [-0.2, 0) is 4.74 Å². The molecule has 0 aliphatic heterocycles. The number of benzene rings is 2. The van der Waals surface area contributed by atoms with Crippen LogP contribution in [-0.4, -0.2) is 33.8 Å². The normalized spacial score (nSPS) is 10.9. The third-order valence-electron chi connectivity index (χ3n) is 4.44. The van der Waals surface area contributed by atoms with E-state index < -0.39 is 0 Å². The fourth-order valence-electron chi connectivity index (χ4n) is 3.09. The summed E-state index contributed by atoms with van der Waals surface area (Å²) in [6, 6.07) is 20.7. The van der Waals surface area contributed by atoms with Gasteiger partial charge in [-0.15, -0.1) is 5.10 Å². The van der Waals surface area contributed by atoms with Crippen LogP contribution in [0.15, 0.2) is 66.7 Å². The second-order valence-corrected chi connectivity index (χ2v) is 7.00. The van der Waals surface area contributed by atoms with Crippen LogP contribution in [0, 0.1) is 0 Å². The summed E-state index contributed by atoms with van der Waals surface area (Å²) in [4.78, 5) is 16.1. The van der Waals surface area contributed by atoms with Gasteiger partial charge in [-0.1, -0.05) is 6.07 Å². The zero-order valence-corrected chi connectivity index (χ0v) is 17.0. The molecule has 0 amide bonds. The van der Waals surface area contributed by atoms with Crippen molar-refractivity contribution in [3.8, 4) is 17.0 Å². The maximum Gasteiger partial charge on any atom is 0.337 e. The number of hydrogen-bond acceptors (Lipinski definition) is 6. The van der Waals surface area contributed by atoms with E-state index in [1.54, 1.807) is 28.8 Å². The molecular formula is C23H22N4O3.